The van der Waals surface area contributed by atoms with Gasteiger partial charge in [0.25, 0.3) is 0 Å². The van der Waals surface area contributed by atoms with E-state index in [1.165, 1.54) is 0 Å². The molecule has 0 bridgehead atoms. The fourth-order valence-electron chi connectivity index (χ4n) is 5.44. The van der Waals surface area contributed by atoms with E-state index in [-0.39, 0.29) is 28.9 Å². The SMILES string of the molecule is COc1cc(C2Nc3ccc(S(=O)(=O)NCC4CCCO4)cc3C3C=CCC32)cc(OC)c1OC. The first kappa shape index (κ1) is 24.0. The van der Waals surface area contributed by atoms with Crippen molar-refractivity contribution < 1.29 is 27.4 Å². The number of hydrogen-bond acceptors (Lipinski definition) is 7. The maximum Gasteiger partial charge on any atom is 0.240 e. The van der Waals surface area contributed by atoms with Gasteiger partial charge in [0.15, 0.2) is 11.5 Å². The second-order valence-electron chi connectivity index (χ2n) is 9.17. The molecule has 2 aliphatic heterocycles. The molecule has 5 rings (SSSR count). The molecule has 0 spiro atoms. The summed E-state index contributed by atoms with van der Waals surface area (Å²) in [6.45, 7) is 0.992. The minimum Gasteiger partial charge on any atom is -0.493 e. The Balaban J connectivity index is 1.45. The quantitative estimate of drug-likeness (QED) is 0.529. The van der Waals surface area contributed by atoms with Gasteiger partial charge in [-0.1, -0.05) is 12.2 Å². The van der Waals surface area contributed by atoms with Crippen molar-refractivity contribution >= 4 is 15.7 Å². The van der Waals surface area contributed by atoms with Crippen LogP contribution >= 0.6 is 0 Å². The first-order valence-electron chi connectivity index (χ1n) is 11.9. The molecule has 35 heavy (non-hydrogen) atoms. The zero-order valence-corrected chi connectivity index (χ0v) is 21.1. The van der Waals surface area contributed by atoms with E-state index >= 15 is 0 Å². The van der Waals surface area contributed by atoms with Crippen molar-refractivity contribution in [3.05, 3.63) is 53.6 Å². The van der Waals surface area contributed by atoms with Crippen molar-refractivity contribution in [2.24, 2.45) is 5.92 Å². The third-order valence-corrected chi connectivity index (χ3v) is 8.64. The minimum atomic E-state index is -3.63. The Hall–Kier alpha value is -2.75. The number of hydrogen-bond donors (Lipinski definition) is 2. The number of allylic oxidation sites excluding steroid dienone is 2. The van der Waals surface area contributed by atoms with Crippen molar-refractivity contribution in [3.63, 3.8) is 0 Å². The van der Waals surface area contributed by atoms with Gasteiger partial charge in [-0.05, 0) is 66.6 Å². The average molecular weight is 501 g/mol. The highest BCUT2D eigenvalue weighted by molar-refractivity contribution is 7.89. The van der Waals surface area contributed by atoms with Crippen LogP contribution in [0.1, 0.15) is 42.3 Å². The molecule has 3 aliphatic rings. The lowest BCUT2D eigenvalue weighted by molar-refractivity contribution is 0.114. The van der Waals surface area contributed by atoms with Crippen molar-refractivity contribution in [3.8, 4) is 17.2 Å². The number of sulfonamides is 1. The maximum absolute atomic E-state index is 13.0. The third kappa shape index (κ3) is 4.48. The summed E-state index contributed by atoms with van der Waals surface area (Å²) in [5.74, 6) is 2.10. The topological polar surface area (TPSA) is 95.1 Å². The molecule has 188 valence electrons. The van der Waals surface area contributed by atoms with Gasteiger partial charge in [0.1, 0.15) is 0 Å². The summed E-state index contributed by atoms with van der Waals surface area (Å²) in [7, 11) is 1.18. The molecule has 0 saturated carbocycles. The average Bonchev–Trinajstić information content (AvgIpc) is 3.58. The number of ether oxygens (including phenoxy) is 4. The molecule has 4 atom stereocenters. The molecule has 1 fully saturated rings. The second-order valence-corrected chi connectivity index (χ2v) is 10.9. The maximum atomic E-state index is 13.0. The van der Waals surface area contributed by atoms with Gasteiger partial charge in [-0.3, -0.25) is 0 Å². The lowest BCUT2D eigenvalue weighted by atomic mass is 9.77. The number of anilines is 1. The summed E-state index contributed by atoms with van der Waals surface area (Å²) in [5.41, 5.74) is 2.95. The predicted molar refractivity (Wildman–Crippen MR) is 133 cm³/mol. The van der Waals surface area contributed by atoms with E-state index in [4.69, 9.17) is 18.9 Å². The Bertz CT molecular complexity index is 1200. The molecule has 8 nitrogen and oxygen atoms in total. The van der Waals surface area contributed by atoms with Gasteiger partial charge >= 0.3 is 0 Å². The van der Waals surface area contributed by atoms with Gasteiger partial charge in [0.2, 0.25) is 15.8 Å². The van der Waals surface area contributed by atoms with Crippen LogP contribution < -0.4 is 24.2 Å². The normalized spacial score (nSPS) is 25.0. The molecule has 1 saturated heterocycles. The fourth-order valence-corrected chi connectivity index (χ4v) is 6.54. The van der Waals surface area contributed by atoms with E-state index < -0.39 is 10.0 Å². The minimum absolute atomic E-state index is 0.00342. The molecule has 9 heteroatoms. The van der Waals surface area contributed by atoms with Crippen LogP contribution in [0.2, 0.25) is 0 Å². The molecule has 2 N–H and O–H groups in total. The highest BCUT2D eigenvalue weighted by Gasteiger charge is 2.39. The first-order valence-corrected chi connectivity index (χ1v) is 13.4. The van der Waals surface area contributed by atoms with Crippen molar-refractivity contribution in [2.45, 2.75) is 42.2 Å². The van der Waals surface area contributed by atoms with Crippen LogP contribution in [0.25, 0.3) is 0 Å². The van der Waals surface area contributed by atoms with Gasteiger partial charge in [-0.15, -0.1) is 0 Å². The summed E-state index contributed by atoms with van der Waals surface area (Å²) in [4.78, 5) is 0.279. The van der Waals surface area contributed by atoms with Gasteiger partial charge < -0.3 is 24.3 Å². The van der Waals surface area contributed by atoms with Gasteiger partial charge in [-0.25, -0.2) is 13.1 Å². The Kier molecular flexibility index (Phi) is 6.65. The monoisotopic (exact) mass is 500 g/mol. The van der Waals surface area contributed by atoms with E-state index in [1.54, 1.807) is 33.5 Å². The number of methoxy groups -OCH3 is 3. The summed E-state index contributed by atoms with van der Waals surface area (Å²) in [6.07, 6.45) is 7.05. The fraction of sp³-hybridized carbons (Fsp3) is 0.462. The van der Waals surface area contributed by atoms with Crippen LogP contribution in [-0.4, -0.2) is 49.0 Å². The zero-order valence-electron chi connectivity index (χ0n) is 20.2. The molecule has 2 heterocycles. The number of fused-ring (bicyclic) bond motifs is 3. The number of benzene rings is 2. The zero-order chi connectivity index (χ0) is 24.6. The van der Waals surface area contributed by atoms with Crippen LogP contribution in [0.4, 0.5) is 5.69 Å². The molecule has 4 unspecified atom stereocenters. The third-order valence-electron chi connectivity index (χ3n) is 7.22. The van der Waals surface area contributed by atoms with E-state index in [2.05, 4.69) is 22.2 Å². The number of nitrogens with one attached hydrogen (secondary N) is 2. The Morgan fingerprint density at radius 1 is 1.09 bits per heavy atom. The van der Waals surface area contributed by atoms with Crippen LogP contribution in [-0.2, 0) is 14.8 Å². The summed E-state index contributed by atoms with van der Waals surface area (Å²) in [5, 5.41) is 3.65. The van der Waals surface area contributed by atoms with Crippen LogP contribution in [0, 0.1) is 5.92 Å². The molecule has 0 radical (unpaired) electrons. The summed E-state index contributed by atoms with van der Waals surface area (Å²) >= 11 is 0. The second kappa shape index (κ2) is 9.72. The molecule has 0 amide bonds. The van der Waals surface area contributed by atoms with E-state index in [1.807, 2.05) is 18.2 Å². The van der Waals surface area contributed by atoms with Gasteiger partial charge in [0.05, 0.1) is 38.4 Å². The summed E-state index contributed by atoms with van der Waals surface area (Å²) in [6, 6.07) is 9.29. The largest absolute Gasteiger partial charge is 0.493 e. The Labute approximate surface area is 206 Å². The first-order chi connectivity index (χ1) is 16.9. The Morgan fingerprint density at radius 2 is 1.86 bits per heavy atom. The van der Waals surface area contributed by atoms with Gasteiger partial charge in [0, 0.05) is 24.8 Å². The van der Waals surface area contributed by atoms with E-state index in [9.17, 15) is 8.42 Å². The van der Waals surface area contributed by atoms with Crippen LogP contribution in [0.3, 0.4) is 0 Å². The van der Waals surface area contributed by atoms with Crippen LogP contribution in [0.15, 0.2) is 47.4 Å². The standard InChI is InChI=1S/C26H32N2O6S/c1-31-23-12-16(13-24(32-2)26(23)33-3)25-20-8-4-7-19(20)21-14-18(9-10-22(21)28-25)35(29,30)27-15-17-6-5-11-34-17/h4,7,9-10,12-14,17,19-20,25,27-28H,5-6,8,11,15H2,1-3H3. The molecule has 2 aromatic rings. The van der Waals surface area contributed by atoms with Crippen molar-refractivity contribution in [1.82, 2.24) is 4.72 Å². The highest BCUT2D eigenvalue weighted by Crippen LogP contribution is 2.52. The predicted octanol–water partition coefficient (Wildman–Crippen LogP) is 4.00. The lowest BCUT2D eigenvalue weighted by Crippen LogP contribution is -2.32. The summed E-state index contributed by atoms with van der Waals surface area (Å²) < 4.78 is 50.9. The van der Waals surface area contributed by atoms with Gasteiger partial charge in [-0.2, -0.15) is 0 Å². The number of rotatable bonds is 8. The Morgan fingerprint density at radius 3 is 2.51 bits per heavy atom. The van der Waals surface area contributed by atoms with Crippen LogP contribution in [0.5, 0.6) is 17.2 Å². The molecule has 1 aliphatic carbocycles. The molecule has 0 aromatic heterocycles. The van der Waals surface area contributed by atoms with Crippen molar-refractivity contribution in [2.75, 3.05) is 39.8 Å². The molecular weight excluding hydrogens is 468 g/mol. The van der Waals surface area contributed by atoms with Crippen molar-refractivity contribution in [1.29, 1.82) is 0 Å². The molecular formula is C26H32N2O6S. The highest BCUT2D eigenvalue weighted by atomic mass is 32.2. The molecule has 2 aromatic carbocycles. The van der Waals surface area contributed by atoms with E-state index in [0.29, 0.717) is 30.4 Å². The smallest absolute Gasteiger partial charge is 0.240 e. The lowest BCUT2D eigenvalue weighted by Gasteiger charge is -2.38. The van der Waals surface area contributed by atoms with E-state index in [0.717, 1.165) is 36.1 Å².